The minimum absolute atomic E-state index is 0.153. The molecule has 6 rings (SSSR count). The molecule has 1 aromatic carbocycles. The highest BCUT2D eigenvalue weighted by molar-refractivity contribution is 5.99. The van der Waals surface area contributed by atoms with Crippen molar-refractivity contribution in [3.05, 3.63) is 78.5 Å². The van der Waals surface area contributed by atoms with Crippen LogP contribution >= 0.6 is 0 Å². The quantitative estimate of drug-likeness (QED) is 0.345. The molecule has 0 saturated heterocycles. The van der Waals surface area contributed by atoms with Gasteiger partial charge in [-0.2, -0.15) is 5.10 Å². The molecule has 0 amide bonds. The molecule has 0 saturated carbocycles. The molecule has 33 heavy (non-hydrogen) atoms. The van der Waals surface area contributed by atoms with E-state index in [1.54, 1.807) is 18.6 Å². The van der Waals surface area contributed by atoms with E-state index in [2.05, 4.69) is 25.1 Å². The highest BCUT2D eigenvalue weighted by Gasteiger charge is 2.17. The monoisotopic (exact) mass is 436 g/mol. The number of benzene rings is 1. The zero-order chi connectivity index (χ0) is 22.5. The van der Waals surface area contributed by atoms with Crippen molar-refractivity contribution in [3.8, 4) is 39.7 Å². The van der Waals surface area contributed by atoms with Crippen LogP contribution < -0.4 is 0 Å². The van der Waals surface area contributed by atoms with Crippen LogP contribution in [0.3, 0.4) is 0 Å². The molecule has 0 unspecified atom stereocenters. The Hall–Kier alpha value is -4.59. The van der Waals surface area contributed by atoms with Gasteiger partial charge in [0.1, 0.15) is 22.8 Å². The molecule has 0 atom stereocenters. The number of aromatic hydroxyl groups is 1. The van der Waals surface area contributed by atoms with Crippen molar-refractivity contribution in [2.75, 3.05) is 0 Å². The van der Waals surface area contributed by atoms with Crippen molar-refractivity contribution in [1.29, 1.82) is 0 Å². The molecule has 8 heteroatoms. The van der Waals surface area contributed by atoms with E-state index in [9.17, 15) is 9.50 Å². The van der Waals surface area contributed by atoms with Crippen LogP contribution in [0.4, 0.5) is 4.39 Å². The van der Waals surface area contributed by atoms with Gasteiger partial charge < -0.3 is 10.1 Å². The molecule has 0 aliphatic heterocycles. The first-order valence-electron chi connectivity index (χ1n) is 10.3. The van der Waals surface area contributed by atoms with Crippen molar-refractivity contribution in [2.24, 2.45) is 0 Å². The van der Waals surface area contributed by atoms with Crippen LogP contribution in [0.15, 0.2) is 67.1 Å². The van der Waals surface area contributed by atoms with Gasteiger partial charge in [-0.3, -0.25) is 15.1 Å². The van der Waals surface area contributed by atoms with Crippen molar-refractivity contribution in [2.45, 2.75) is 6.92 Å². The molecule has 7 nitrogen and oxygen atoms in total. The van der Waals surface area contributed by atoms with Gasteiger partial charge in [0.2, 0.25) is 0 Å². The first-order chi connectivity index (χ1) is 16.1. The summed E-state index contributed by atoms with van der Waals surface area (Å²) in [6, 6.07) is 13.5. The Morgan fingerprint density at radius 3 is 2.70 bits per heavy atom. The molecule has 3 N–H and O–H groups in total. The Kier molecular flexibility index (Phi) is 4.19. The molecule has 5 heterocycles. The Morgan fingerprint density at radius 1 is 0.939 bits per heavy atom. The third-order valence-corrected chi connectivity index (χ3v) is 5.68. The van der Waals surface area contributed by atoms with Crippen molar-refractivity contribution in [1.82, 2.24) is 30.1 Å². The maximum atomic E-state index is 13.9. The summed E-state index contributed by atoms with van der Waals surface area (Å²) in [7, 11) is 0. The van der Waals surface area contributed by atoms with Crippen LogP contribution in [0.25, 0.3) is 55.8 Å². The smallest absolute Gasteiger partial charge is 0.135 e. The molecule has 0 fully saturated rings. The zero-order valence-corrected chi connectivity index (χ0v) is 17.5. The highest BCUT2D eigenvalue weighted by atomic mass is 19.1. The number of nitrogens with one attached hydrogen (secondary N) is 2. The number of hydrogen-bond acceptors (Lipinski definition) is 5. The van der Waals surface area contributed by atoms with Gasteiger partial charge in [-0.15, -0.1) is 0 Å². The van der Waals surface area contributed by atoms with Crippen LogP contribution in [0.1, 0.15) is 5.56 Å². The van der Waals surface area contributed by atoms with Gasteiger partial charge in [0.05, 0.1) is 22.6 Å². The zero-order valence-electron chi connectivity index (χ0n) is 17.5. The summed E-state index contributed by atoms with van der Waals surface area (Å²) < 4.78 is 13.9. The summed E-state index contributed by atoms with van der Waals surface area (Å²) in [5, 5.41) is 18.2. The maximum absolute atomic E-state index is 13.9. The molecular weight excluding hydrogens is 419 g/mol. The lowest BCUT2D eigenvalue weighted by Gasteiger charge is -2.04. The number of aromatic nitrogens is 6. The number of aromatic amines is 2. The van der Waals surface area contributed by atoms with Gasteiger partial charge in [-0.1, -0.05) is 0 Å². The number of rotatable bonds is 3. The number of hydrogen-bond donors (Lipinski definition) is 3. The summed E-state index contributed by atoms with van der Waals surface area (Å²) in [4.78, 5) is 16.9. The predicted molar refractivity (Wildman–Crippen MR) is 124 cm³/mol. The second-order valence-electron chi connectivity index (χ2n) is 7.86. The molecule has 0 radical (unpaired) electrons. The number of fused-ring (bicyclic) bond motifs is 2. The van der Waals surface area contributed by atoms with E-state index in [0.717, 1.165) is 50.5 Å². The van der Waals surface area contributed by atoms with Crippen LogP contribution in [0.2, 0.25) is 0 Å². The fourth-order valence-corrected chi connectivity index (χ4v) is 4.09. The van der Waals surface area contributed by atoms with Gasteiger partial charge >= 0.3 is 0 Å². The number of phenolic OH excluding ortho intramolecular Hbond substituents is 1. The van der Waals surface area contributed by atoms with Crippen molar-refractivity contribution < 1.29 is 9.50 Å². The average Bonchev–Trinajstić information content (AvgIpc) is 3.42. The summed E-state index contributed by atoms with van der Waals surface area (Å²) in [6.45, 7) is 2.02. The van der Waals surface area contributed by atoms with E-state index >= 15 is 0 Å². The standard InChI is InChI=1S/C25H17FN6O/c1-13-4-6-27-12-18(13)19-2-3-21-24(30-19)25(32-31-21)22-11-17-20(29-22)5-7-28-23(17)14-8-15(26)10-16(33)9-14/h2-12,29,33H,1H3,(H,31,32). The number of phenols is 1. The molecule has 0 bridgehead atoms. The molecule has 160 valence electrons. The van der Waals surface area contributed by atoms with E-state index in [-0.39, 0.29) is 5.75 Å². The van der Waals surface area contributed by atoms with E-state index < -0.39 is 5.82 Å². The number of H-pyrrole nitrogens is 2. The van der Waals surface area contributed by atoms with E-state index in [0.29, 0.717) is 17.0 Å². The van der Waals surface area contributed by atoms with Crippen LogP contribution in [-0.4, -0.2) is 35.2 Å². The topological polar surface area (TPSA) is 103 Å². The second kappa shape index (κ2) is 7.23. The molecule has 0 spiro atoms. The van der Waals surface area contributed by atoms with Crippen molar-refractivity contribution >= 4 is 21.9 Å². The second-order valence-corrected chi connectivity index (χ2v) is 7.86. The van der Waals surface area contributed by atoms with E-state index in [1.807, 2.05) is 37.3 Å². The van der Waals surface area contributed by atoms with E-state index in [1.165, 1.54) is 12.1 Å². The molecule has 0 aliphatic rings. The largest absolute Gasteiger partial charge is 0.508 e. The fraction of sp³-hybridized carbons (Fsp3) is 0.0400. The summed E-state index contributed by atoms with van der Waals surface area (Å²) in [5.74, 6) is -0.680. The van der Waals surface area contributed by atoms with Crippen molar-refractivity contribution in [3.63, 3.8) is 0 Å². The van der Waals surface area contributed by atoms with Gasteiger partial charge in [-0.25, -0.2) is 9.37 Å². The number of pyridine rings is 3. The first-order valence-corrected chi connectivity index (χ1v) is 10.3. The van der Waals surface area contributed by atoms with Gasteiger partial charge in [0.15, 0.2) is 0 Å². The lowest BCUT2D eigenvalue weighted by Crippen LogP contribution is -1.89. The maximum Gasteiger partial charge on any atom is 0.135 e. The lowest BCUT2D eigenvalue weighted by molar-refractivity contribution is 0.469. The van der Waals surface area contributed by atoms with Crippen LogP contribution in [0, 0.1) is 12.7 Å². The first kappa shape index (κ1) is 19.1. The average molecular weight is 436 g/mol. The minimum atomic E-state index is -0.528. The Bertz CT molecular complexity index is 1650. The van der Waals surface area contributed by atoms with Crippen LogP contribution in [0.5, 0.6) is 5.75 Å². The SMILES string of the molecule is Cc1ccncc1-c1ccc2[nH]nc(-c3cc4c(-c5cc(O)cc(F)c5)nccc4[nH]3)c2n1. The Balaban J connectivity index is 1.52. The fourth-order valence-electron chi connectivity index (χ4n) is 4.09. The Labute approximate surface area is 187 Å². The number of halogens is 1. The predicted octanol–water partition coefficient (Wildman–Crippen LogP) is 5.38. The van der Waals surface area contributed by atoms with Gasteiger partial charge in [0.25, 0.3) is 0 Å². The summed E-state index contributed by atoms with van der Waals surface area (Å²) >= 11 is 0. The van der Waals surface area contributed by atoms with Crippen LogP contribution in [-0.2, 0) is 0 Å². The molecule has 6 aromatic rings. The minimum Gasteiger partial charge on any atom is -0.508 e. The summed E-state index contributed by atoms with van der Waals surface area (Å²) in [6.07, 6.45) is 5.21. The van der Waals surface area contributed by atoms with E-state index in [4.69, 9.17) is 4.98 Å². The highest BCUT2D eigenvalue weighted by Crippen LogP contribution is 2.34. The molecule has 0 aliphatic carbocycles. The van der Waals surface area contributed by atoms with Gasteiger partial charge in [-0.05, 0) is 55.0 Å². The third kappa shape index (κ3) is 3.20. The molecular formula is C25H17FN6O. The van der Waals surface area contributed by atoms with Gasteiger partial charge in [0, 0.05) is 46.7 Å². The number of aryl methyl sites for hydroxylation is 1. The lowest BCUT2D eigenvalue weighted by atomic mass is 10.1. The third-order valence-electron chi connectivity index (χ3n) is 5.68. The normalized spacial score (nSPS) is 11.5. The number of nitrogens with zero attached hydrogens (tertiary/aromatic N) is 4. The Morgan fingerprint density at radius 2 is 1.85 bits per heavy atom. The molecule has 5 aromatic heterocycles. The summed E-state index contributed by atoms with van der Waals surface area (Å²) in [5.41, 5.74) is 7.66.